The van der Waals surface area contributed by atoms with Crippen LogP contribution in [0.4, 0.5) is 17.6 Å². The molecule has 1 saturated heterocycles. The molecule has 2 atom stereocenters. The van der Waals surface area contributed by atoms with Crippen molar-refractivity contribution < 1.29 is 27.0 Å². The molecule has 0 saturated carbocycles. The van der Waals surface area contributed by atoms with Crippen LogP contribution in [0.25, 0.3) is 22.3 Å². The van der Waals surface area contributed by atoms with E-state index in [0.29, 0.717) is 36.7 Å². The largest absolute Gasteiger partial charge is 0.490 e. The van der Waals surface area contributed by atoms with Gasteiger partial charge >= 0.3 is 0 Å². The molecule has 0 bridgehead atoms. The first kappa shape index (κ1) is 28.2. The van der Waals surface area contributed by atoms with Gasteiger partial charge in [-0.05, 0) is 54.9 Å². The third-order valence-corrected chi connectivity index (χ3v) is 7.34. The molecule has 1 fully saturated rings. The van der Waals surface area contributed by atoms with Gasteiger partial charge in [0.15, 0.2) is 23.2 Å². The number of rotatable bonds is 11. The molecule has 0 spiro atoms. The zero-order chi connectivity index (χ0) is 27.1. The van der Waals surface area contributed by atoms with Crippen molar-refractivity contribution in [2.75, 3.05) is 13.2 Å². The quantitative estimate of drug-likeness (QED) is 0.182. The molecule has 1 aliphatic rings. The molecule has 1 aliphatic heterocycles. The van der Waals surface area contributed by atoms with E-state index in [-0.39, 0.29) is 22.4 Å². The Balaban J connectivity index is 1.47. The van der Waals surface area contributed by atoms with Crippen LogP contribution in [0.15, 0.2) is 48.5 Å². The van der Waals surface area contributed by atoms with Crippen molar-refractivity contribution in [1.82, 2.24) is 0 Å². The van der Waals surface area contributed by atoms with Crippen molar-refractivity contribution >= 4 is 0 Å². The molecule has 6 heteroatoms. The van der Waals surface area contributed by atoms with Crippen LogP contribution in [0.3, 0.4) is 0 Å². The number of benzene rings is 3. The maximum absolute atomic E-state index is 15.1. The van der Waals surface area contributed by atoms with Gasteiger partial charge in [-0.3, -0.25) is 0 Å². The SMILES string of the molecule is CCCCCCOc1ccc(-c2ccc(-c3ccc(C4CCC(CCC)CO4)c(F)c3F)cc2)c(F)c1F. The molecule has 0 aliphatic carbocycles. The van der Waals surface area contributed by atoms with Gasteiger partial charge in [0, 0.05) is 16.7 Å². The smallest absolute Gasteiger partial charge is 0.201 e. The van der Waals surface area contributed by atoms with Crippen LogP contribution in [0.5, 0.6) is 5.75 Å². The second-order valence-corrected chi connectivity index (χ2v) is 10.1. The lowest BCUT2D eigenvalue weighted by molar-refractivity contribution is -0.0214. The van der Waals surface area contributed by atoms with Crippen LogP contribution in [0, 0.1) is 29.2 Å². The number of hydrogen-bond acceptors (Lipinski definition) is 2. The number of unbranched alkanes of at least 4 members (excludes halogenated alkanes) is 3. The Labute approximate surface area is 223 Å². The summed E-state index contributed by atoms with van der Waals surface area (Å²) in [5.74, 6) is -3.51. The first-order valence-electron chi connectivity index (χ1n) is 13.8. The highest BCUT2D eigenvalue weighted by molar-refractivity contribution is 5.71. The van der Waals surface area contributed by atoms with Gasteiger partial charge in [-0.1, -0.05) is 75.9 Å². The topological polar surface area (TPSA) is 18.5 Å². The molecule has 0 aromatic heterocycles. The van der Waals surface area contributed by atoms with Crippen molar-refractivity contribution in [2.45, 2.75) is 71.3 Å². The molecule has 204 valence electrons. The van der Waals surface area contributed by atoms with Crippen molar-refractivity contribution in [2.24, 2.45) is 5.92 Å². The van der Waals surface area contributed by atoms with Gasteiger partial charge in [0.25, 0.3) is 0 Å². The molecule has 1 heterocycles. The highest BCUT2D eigenvalue weighted by atomic mass is 19.2. The van der Waals surface area contributed by atoms with Crippen LogP contribution in [-0.4, -0.2) is 13.2 Å². The monoisotopic (exact) mass is 528 g/mol. The first-order chi connectivity index (χ1) is 18.4. The highest BCUT2D eigenvalue weighted by Crippen LogP contribution is 2.37. The van der Waals surface area contributed by atoms with E-state index in [1.165, 1.54) is 12.1 Å². The number of halogens is 4. The minimum atomic E-state index is -1.03. The molecule has 4 rings (SSSR count). The van der Waals surface area contributed by atoms with Crippen molar-refractivity contribution in [3.8, 4) is 28.0 Å². The van der Waals surface area contributed by atoms with Gasteiger partial charge < -0.3 is 9.47 Å². The molecule has 3 aromatic rings. The summed E-state index contributed by atoms with van der Waals surface area (Å²) in [5, 5.41) is 0. The summed E-state index contributed by atoms with van der Waals surface area (Å²) < 4.78 is 70.9. The number of hydrogen-bond donors (Lipinski definition) is 0. The minimum Gasteiger partial charge on any atom is -0.490 e. The molecule has 3 aromatic carbocycles. The van der Waals surface area contributed by atoms with Gasteiger partial charge in [0.05, 0.1) is 19.3 Å². The van der Waals surface area contributed by atoms with E-state index >= 15 is 8.78 Å². The van der Waals surface area contributed by atoms with Gasteiger partial charge in [-0.15, -0.1) is 0 Å². The van der Waals surface area contributed by atoms with Crippen LogP contribution < -0.4 is 4.74 Å². The molecule has 2 nitrogen and oxygen atoms in total. The predicted octanol–water partition coefficient (Wildman–Crippen LogP) is 9.80. The Morgan fingerprint density at radius 2 is 1.37 bits per heavy atom. The van der Waals surface area contributed by atoms with Gasteiger partial charge in [-0.25, -0.2) is 13.2 Å². The van der Waals surface area contributed by atoms with E-state index in [0.717, 1.165) is 44.9 Å². The van der Waals surface area contributed by atoms with E-state index in [1.807, 2.05) is 0 Å². The summed E-state index contributed by atoms with van der Waals surface area (Å²) in [6, 6.07) is 12.3. The average molecular weight is 529 g/mol. The molecule has 2 unspecified atom stereocenters. The summed E-state index contributed by atoms with van der Waals surface area (Å²) >= 11 is 0. The second-order valence-electron chi connectivity index (χ2n) is 10.1. The van der Waals surface area contributed by atoms with Crippen LogP contribution >= 0.6 is 0 Å². The normalized spacial score (nSPS) is 17.5. The Bertz CT molecular complexity index is 1200. The molecule has 0 amide bonds. The first-order valence-corrected chi connectivity index (χ1v) is 13.8. The van der Waals surface area contributed by atoms with Gasteiger partial charge in [0.1, 0.15) is 0 Å². The van der Waals surface area contributed by atoms with E-state index in [4.69, 9.17) is 9.47 Å². The fourth-order valence-electron chi connectivity index (χ4n) is 5.13. The lowest BCUT2D eigenvalue weighted by atomic mass is 9.90. The molecule has 0 N–H and O–H groups in total. The highest BCUT2D eigenvalue weighted by Gasteiger charge is 2.27. The van der Waals surface area contributed by atoms with Crippen molar-refractivity contribution in [3.63, 3.8) is 0 Å². The van der Waals surface area contributed by atoms with Crippen LogP contribution in [0.2, 0.25) is 0 Å². The van der Waals surface area contributed by atoms with Crippen molar-refractivity contribution in [1.29, 1.82) is 0 Å². The van der Waals surface area contributed by atoms with Crippen LogP contribution in [-0.2, 0) is 4.74 Å². The molecular weight excluding hydrogens is 492 g/mol. The van der Waals surface area contributed by atoms with E-state index in [9.17, 15) is 8.78 Å². The predicted molar refractivity (Wildman–Crippen MR) is 143 cm³/mol. The zero-order valence-corrected chi connectivity index (χ0v) is 22.2. The molecular formula is C32H36F4O2. The zero-order valence-electron chi connectivity index (χ0n) is 22.2. The molecule has 38 heavy (non-hydrogen) atoms. The summed E-state index contributed by atoms with van der Waals surface area (Å²) in [6.07, 6.45) is 7.22. The van der Waals surface area contributed by atoms with Gasteiger partial charge in [0.2, 0.25) is 5.82 Å². The lowest BCUT2D eigenvalue weighted by Crippen LogP contribution is -2.21. The Kier molecular flexibility index (Phi) is 9.84. The van der Waals surface area contributed by atoms with Crippen molar-refractivity contribution in [3.05, 3.63) is 77.4 Å². The molecule has 0 radical (unpaired) electrons. The summed E-state index contributed by atoms with van der Waals surface area (Å²) in [5.41, 5.74) is 1.29. The van der Waals surface area contributed by atoms with Crippen LogP contribution in [0.1, 0.15) is 76.9 Å². The summed E-state index contributed by atoms with van der Waals surface area (Å²) in [6.45, 7) is 5.12. The van der Waals surface area contributed by atoms with Gasteiger partial charge in [-0.2, -0.15) is 4.39 Å². The maximum Gasteiger partial charge on any atom is 0.201 e. The summed E-state index contributed by atoms with van der Waals surface area (Å²) in [7, 11) is 0. The third-order valence-electron chi connectivity index (χ3n) is 7.34. The average Bonchev–Trinajstić information content (AvgIpc) is 2.93. The van der Waals surface area contributed by atoms with E-state index in [1.54, 1.807) is 36.4 Å². The Morgan fingerprint density at radius 1 is 0.711 bits per heavy atom. The standard InChI is InChI=1S/C32H36F4O2/c1-3-5-6-7-19-37-28-18-16-25(30(34)32(28)36)23-12-10-22(11-13-23)24-14-15-26(31(35)29(24)33)27-17-9-21(8-4-2)20-38-27/h10-16,18,21,27H,3-9,17,19-20H2,1-2H3. The van der Waals surface area contributed by atoms with E-state index < -0.39 is 29.4 Å². The fourth-order valence-corrected chi connectivity index (χ4v) is 5.13. The fraction of sp³-hybridized carbons (Fsp3) is 0.438. The Morgan fingerprint density at radius 3 is 1.97 bits per heavy atom. The lowest BCUT2D eigenvalue weighted by Gasteiger charge is -2.29. The number of ether oxygens (including phenoxy) is 2. The van der Waals surface area contributed by atoms with E-state index in [2.05, 4.69) is 13.8 Å². The summed E-state index contributed by atoms with van der Waals surface area (Å²) in [4.78, 5) is 0. The third kappa shape index (κ3) is 6.40. The minimum absolute atomic E-state index is 0.0743. The Hall–Kier alpha value is -2.86. The second kappa shape index (κ2) is 13.3. The maximum atomic E-state index is 15.1.